The molecule has 0 aromatic heterocycles. The zero-order valence-corrected chi connectivity index (χ0v) is 9.42. The van der Waals surface area contributed by atoms with Gasteiger partial charge in [-0.25, -0.2) is 9.59 Å². The van der Waals surface area contributed by atoms with Crippen molar-refractivity contribution in [1.29, 1.82) is 0 Å². The predicted molar refractivity (Wildman–Crippen MR) is 57.6 cm³/mol. The highest BCUT2D eigenvalue weighted by atomic mass is 16.6. The Kier molecular flexibility index (Phi) is 3.06. The van der Waals surface area contributed by atoms with E-state index in [2.05, 4.69) is 6.58 Å². The summed E-state index contributed by atoms with van der Waals surface area (Å²) >= 11 is 0. The average Bonchev–Trinajstić information content (AvgIpc) is 2.68. The van der Waals surface area contributed by atoms with E-state index in [0.29, 0.717) is 25.9 Å². The second-order valence-corrected chi connectivity index (χ2v) is 4.39. The van der Waals surface area contributed by atoms with Crippen molar-refractivity contribution in [3.05, 3.63) is 12.7 Å². The van der Waals surface area contributed by atoms with Crippen molar-refractivity contribution in [3.8, 4) is 0 Å². The monoisotopic (exact) mass is 241 g/mol. The van der Waals surface area contributed by atoms with Crippen LogP contribution in [0, 0.1) is 0 Å². The van der Waals surface area contributed by atoms with E-state index in [0.717, 1.165) is 0 Å². The first-order valence-electron chi connectivity index (χ1n) is 5.49. The smallest absolute Gasteiger partial charge is 0.410 e. The number of nitrogens with zero attached hydrogens (tertiary/aromatic N) is 1. The Hall–Kier alpha value is -1.56. The van der Waals surface area contributed by atoms with Gasteiger partial charge in [0.1, 0.15) is 12.2 Å². The largest absolute Gasteiger partial charge is 0.479 e. The van der Waals surface area contributed by atoms with Crippen molar-refractivity contribution in [2.75, 3.05) is 19.7 Å². The van der Waals surface area contributed by atoms with Gasteiger partial charge in [-0.3, -0.25) is 0 Å². The number of aliphatic carboxylic acids is 1. The number of carbonyl (C=O) groups is 2. The summed E-state index contributed by atoms with van der Waals surface area (Å²) in [5.74, 6) is -0.936. The molecule has 0 aliphatic carbocycles. The van der Waals surface area contributed by atoms with E-state index in [1.54, 1.807) is 0 Å². The van der Waals surface area contributed by atoms with Crippen LogP contribution in [0.3, 0.4) is 0 Å². The van der Waals surface area contributed by atoms with Crippen LogP contribution in [0.15, 0.2) is 12.7 Å². The first-order valence-corrected chi connectivity index (χ1v) is 5.49. The standard InChI is InChI=1S/C11H15NO5/c1-2-5-16-10(15)12-6-11(7-12)4-3-8(17-11)9(13)14/h2,8H,1,3-7H2,(H,13,14). The number of hydrogen-bond donors (Lipinski definition) is 1. The second kappa shape index (κ2) is 4.37. The molecule has 17 heavy (non-hydrogen) atoms. The minimum absolute atomic E-state index is 0.181. The molecular weight excluding hydrogens is 226 g/mol. The number of amides is 1. The predicted octanol–water partition coefficient (Wildman–Crippen LogP) is 0.627. The number of hydrogen-bond acceptors (Lipinski definition) is 4. The molecule has 1 unspecified atom stereocenters. The lowest BCUT2D eigenvalue weighted by molar-refractivity contribution is -0.166. The molecule has 2 saturated heterocycles. The van der Waals surface area contributed by atoms with E-state index in [1.165, 1.54) is 11.0 Å². The molecule has 2 aliphatic rings. The summed E-state index contributed by atoms with van der Waals surface area (Å²) in [7, 11) is 0. The van der Waals surface area contributed by atoms with Crippen LogP contribution in [0.2, 0.25) is 0 Å². The Balaban J connectivity index is 1.80. The van der Waals surface area contributed by atoms with Gasteiger partial charge in [-0.2, -0.15) is 0 Å². The first kappa shape index (κ1) is 11.9. The fraction of sp³-hybridized carbons (Fsp3) is 0.636. The summed E-state index contributed by atoms with van der Waals surface area (Å²) in [6.45, 7) is 4.45. The van der Waals surface area contributed by atoms with Gasteiger partial charge in [-0.05, 0) is 12.8 Å². The summed E-state index contributed by atoms with van der Waals surface area (Å²) in [5.41, 5.74) is -0.462. The summed E-state index contributed by atoms with van der Waals surface area (Å²) in [4.78, 5) is 23.7. The zero-order valence-electron chi connectivity index (χ0n) is 9.42. The summed E-state index contributed by atoms with van der Waals surface area (Å²) < 4.78 is 10.3. The third kappa shape index (κ3) is 2.26. The molecule has 1 N–H and O–H groups in total. The van der Waals surface area contributed by atoms with Crippen LogP contribution in [0.5, 0.6) is 0 Å². The van der Waals surface area contributed by atoms with Crippen molar-refractivity contribution < 1.29 is 24.2 Å². The van der Waals surface area contributed by atoms with Gasteiger partial charge in [0.2, 0.25) is 0 Å². The molecule has 0 aromatic rings. The lowest BCUT2D eigenvalue weighted by Gasteiger charge is -2.46. The van der Waals surface area contributed by atoms with Gasteiger partial charge in [-0.15, -0.1) is 0 Å². The first-order chi connectivity index (χ1) is 8.06. The van der Waals surface area contributed by atoms with Crippen molar-refractivity contribution >= 4 is 12.1 Å². The Bertz CT molecular complexity index is 348. The van der Waals surface area contributed by atoms with Crippen LogP contribution in [0.25, 0.3) is 0 Å². The lowest BCUT2D eigenvalue weighted by atomic mass is 9.91. The molecule has 2 fully saturated rings. The maximum absolute atomic E-state index is 11.4. The van der Waals surface area contributed by atoms with Gasteiger partial charge < -0.3 is 19.5 Å². The van der Waals surface area contributed by atoms with Crippen LogP contribution in [0.1, 0.15) is 12.8 Å². The van der Waals surface area contributed by atoms with Gasteiger partial charge >= 0.3 is 12.1 Å². The normalized spacial score (nSPS) is 25.4. The number of likely N-dealkylation sites (tertiary alicyclic amines) is 1. The maximum Gasteiger partial charge on any atom is 0.410 e. The molecular formula is C11H15NO5. The Morgan fingerprint density at radius 2 is 2.29 bits per heavy atom. The molecule has 1 spiro atoms. The Morgan fingerprint density at radius 1 is 1.59 bits per heavy atom. The van der Waals surface area contributed by atoms with Crippen LogP contribution in [-0.2, 0) is 14.3 Å². The topological polar surface area (TPSA) is 76.1 Å². The highest BCUT2D eigenvalue weighted by Crippen LogP contribution is 2.38. The number of ether oxygens (including phenoxy) is 2. The number of carboxylic acid groups (broad SMARTS) is 1. The van der Waals surface area contributed by atoms with Crippen LogP contribution >= 0.6 is 0 Å². The summed E-state index contributed by atoms with van der Waals surface area (Å²) in [6.07, 6.45) is 1.54. The molecule has 0 radical (unpaired) electrons. The van der Waals surface area contributed by atoms with E-state index in [4.69, 9.17) is 14.6 Å². The molecule has 2 heterocycles. The highest BCUT2D eigenvalue weighted by Gasteiger charge is 2.53. The third-order valence-corrected chi connectivity index (χ3v) is 3.07. The van der Waals surface area contributed by atoms with E-state index in [9.17, 15) is 9.59 Å². The van der Waals surface area contributed by atoms with E-state index in [1.807, 2.05) is 0 Å². The molecule has 2 rings (SSSR count). The van der Waals surface area contributed by atoms with Crippen LogP contribution in [0.4, 0.5) is 4.79 Å². The van der Waals surface area contributed by atoms with Gasteiger partial charge in [0.15, 0.2) is 6.10 Å². The van der Waals surface area contributed by atoms with Gasteiger partial charge in [0, 0.05) is 0 Å². The lowest BCUT2D eigenvalue weighted by Crippen LogP contribution is -2.63. The van der Waals surface area contributed by atoms with E-state index < -0.39 is 23.8 Å². The number of rotatable bonds is 3. The fourth-order valence-electron chi connectivity index (χ4n) is 2.22. The highest BCUT2D eigenvalue weighted by molar-refractivity contribution is 5.73. The van der Waals surface area contributed by atoms with Crippen molar-refractivity contribution in [3.63, 3.8) is 0 Å². The molecule has 1 atom stereocenters. The van der Waals surface area contributed by atoms with Gasteiger partial charge in [0.05, 0.1) is 13.1 Å². The van der Waals surface area contributed by atoms with Gasteiger partial charge in [-0.1, -0.05) is 12.7 Å². The minimum Gasteiger partial charge on any atom is -0.479 e. The second-order valence-electron chi connectivity index (χ2n) is 4.39. The van der Waals surface area contributed by atoms with E-state index >= 15 is 0 Å². The molecule has 0 aromatic carbocycles. The summed E-state index contributed by atoms with van der Waals surface area (Å²) in [5, 5.41) is 8.81. The summed E-state index contributed by atoms with van der Waals surface area (Å²) in [6, 6.07) is 0. The van der Waals surface area contributed by atoms with Gasteiger partial charge in [0.25, 0.3) is 0 Å². The third-order valence-electron chi connectivity index (χ3n) is 3.07. The average molecular weight is 241 g/mol. The fourth-order valence-corrected chi connectivity index (χ4v) is 2.22. The van der Waals surface area contributed by atoms with Crippen molar-refractivity contribution in [1.82, 2.24) is 4.90 Å². The van der Waals surface area contributed by atoms with E-state index in [-0.39, 0.29) is 6.61 Å². The van der Waals surface area contributed by atoms with Crippen LogP contribution < -0.4 is 0 Å². The molecule has 94 valence electrons. The SMILES string of the molecule is C=CCOC(=O)N1CC2(CCC(C(=O)O)O2)C1. The quantitative estimate of drug-likeness (QED) is 0.733. The molecule has 6 heteroatoms. The Labute approximate surface area is 98.8 Å². The van der Waals surface area contributed by atoms with Crippen molar-refractivity contribution in [2.45, 2.75) is 24.5 Å². The molecule has 0 bridgehead atoms. The molecule has 2 aliphatic heterocycles. The number of carboxylic acids is 1. The van der Waals surface area contributed by atoms with Crippen molar-refractivity contribution in [2.24, 2.45) is 0 Å². The maximum atomic E-state index is 11.4. The molecule has 6 nitrogen and oxygen atoms in total. The Morgan fingerprint density at radius 3 is 2.82 bits per heavy atom. The van der Waals surface area contributed by atoms with Crippen LogP contribution in [-0.4, -0.2) is 53.5 Å². The molecule has 0 saturated carbocycles. The molecule has 1 amide bonds. The zero-order chi connectivity index (χ0) is 12.5. The minimum atomic E-state index is -0.936. The number of carbonyl (C=O) groups excluding carboxylic acids is 1.